The van der Waals surface area contributed by atoms with E-state index in [0.717, 1.165) is 88.8 Å². The van der Waals surface area contributed by atoms with E-state index in [9.17, 15) is 0 Å². The molecule has 6 aliphatic rings. The highest BCUT2D eigenvalue weighted by Crippen LogP contribution is 2.52. The quantitative estimate of drug-likeness (QED) is 0.122. The van der Waals surface area contributed by atoms with Gasteiger partial charge in [-0.3, -0.25) is 0 Å². The van der Waals surface area contributed by atoms with Gasteiger partial charge in [0.1, 0.15) is 63.5 Å². The van der Waals surface area contributed by atoms with E-state index in [0.29, 0.717) is 84.8 Å². The molecule has 0 atom stereocenters. The summed E-state index contributed by atoms with van der Waals surface area (Å²) in [6, 6.07) is 80.3. The summed E-state index contributed by atoms with van der Waals surface area (Å²) in [4.78, 5) is 7.69. The van der Waals surface area contributed by atoms with Crippen LogP contribution in [0.4, 0.5) is 90.2 Å². The Hall–Kier alpha value is -12.0. The van der Waals surface area contributed by atoms with Gasteiger partial charge in [-0.25, -0.2) is 22.0 Å². The number of aromatic nitrogens is 1. The number of ether oxygens (including phenoxy) is 2. The van der Waals surface area contributed by atoms with Crippen molar-refractivity contribution in [2.75, 3.05) is 19.6 Å². The molecule has 0 spiro atoms. The van der Waals surface area contributed by atoms with Crippen molar-refractivity contribution in [3.8, 4) is 39.9 Å². The predicted octanol–water partition coefficient (Wildman–Crippen LogP) is 15.8. The van der Waals surface area contributed by atoms with E-state index in [1.807, 2.05) is 134 Å². The van der Waals surface area contributed by atoms with Gasteiger partial charge in [-0.15, -0.1) is 0 Å². The van der Waals surface area contributed by atoms with Gasteiger partial charge in [0.05, 0.1) is 22.6 Å². The van der Waals surface area contributed by atoms with Crippen molar-refractivity contribution >= 4 is 148 Å². The third-order valence-electron chi connectivity index (χ3n) is 20.7. The summed E-state index contributed by atoms with van der Waals surface area (Å²) in [7, 11) is 0. The van der Waals surface area contributed by atoms with Crippen molar-refractivity contribution in [1.82, 2.24) is 4.57 Å². The molecule has 0 aliphatic carbocycles. The molecule has 0 bridgehead atoms. The lowest BCUT2D eigenvalue weighted by Gasteiger charge is -2.46. The molecule has 7 heterocycles. The highest BCUT2D eigenvalue weighted by Gasteiger charge is 2.51. The molecule has 0 unspecified atom stereocenters. The lowest BCUT2D eigenvalue weighted by atomic mass is 9.29. The molecule has 20 rings (SSSR count). The van der Waals surface area contributed by atoms with Crippen LogP contribution in [0.5, 0.6) is 23.0 Å². The van der Waals surface area contributed by atoms with Crippen LogP contribution >= 0.6 is 0 Å². The van der Waals surface area contributed by atoms with E-state index in [-0.39, 0.29) is 11.4 Å². The van der Waals surface area contributed by atoms with Crippen LogP contribution in [0, 0.1) is 49.9 Å². The van der Waals surface area contributed by atoms with Crippen LogP contribution in [-0.4, -0.2) is 24.7 Å². The first-order valence-corrected chi connectivity index (χ1v) is 32.8. The van der Waals surface area contributed by atoms with E-state index >= 15 is 22.0 Å². The van der Waals surface area contributed by atoms with Crippen LogP contribution in [-0.2, 0) is 0 Å². The van der Waals surface area contributed by atoms with Gasteiger partial charge in [-0.2, -0.15) is 0 Å². The Bertz CT molecular complexity index is 5790. The number of rotatable bonds is 6. The van der Waals surface area contributed by atoms with Crippen molar-refractivity contribution in [3.63, 3.8) is 0 Å². The molecule has 0 N–H and O–H groups in total. The highest BCUT2D eigenvalue weighted by molar-refractivity contribution is 7.04. The number of halogens is 5. The van der Waals surface area contributed by atoms with Gasteiger partial charge in [-0.1, -0.05) is 140 Å². The fourth-order valence-corrected chi connectivity index (χ4v) is 16.9. The van der Waals surface area contributed by atoms with E-state index in [4.69, 9.17) is 9.47 Å². The normalized spacial score (nSPS) is 13.7. The van der Waals surface area contributed by atoms with Crippen LogP contribution in [0.1, 0.15) is 16.7 Å². The number of para-hydroxylation sites is 7. The molecule has 98 heavy (non-hydrogen) atoms. The number of nitrogens with zero attached hydrogens (tertiary/aromatic N) is 5. The molecule has 7 nitrogen and oxygen atoms in total. The zero-order valence-electron chi connectivity index (χ0n) is 52.9. The van der Waals surface area contributed by atoms with Crippen LogP contribution in [0.25, 0.3) is 27.8 Å². The third-order valence-corrected chi connectivity index (χ3v) is 20.7. The van der Waals surface area contributed by atoms with Crippen molar-refractivity contribution in [2.24, 2.45) is 0 Å². The van der Waals surface area contributed by atoms with Gasteiger partial charge in [0, 0.05) is 68.7 Å². The summed E-state index contributed by atoms with van der Waals surface area (Å²) in [6.07, 6.45) is 0. The summed E-state index contributed by atoms with van der Waals surface area (Å²) < 4.78 is 104. The highest BCUT2D eigenvalue weighted by atomic mass is 19.1. The second kappa shape index (κ2) is 20.8. The number of benzene rings is 13. The fraction of sp³-hybridized carbons (Fsp3) is 0.0361. The minimum atomic E-state index is -0.813. The molecule has 0 amide bonds. The van der Waals surface area contributed by atoms with E-state index in [1.165, 1.54) is 42.5 Å². The van der Waals surface area contributed by atoms with Crippen molar-refractivity contribution in [1.29, 1.82) is 0 Å². The molecular weight excluding hydrogens is 1230 g/mol. The van der Waals surface area contributed by atoms with Crippen LogP contribution < -0.4 is 78.2 Å². The Labute approximate surface area is 562 Å². The lowest BCUT2D eigenvalue weighted by Crippen LogP contribution is -2.65. The standard InChI is InChI=1S/C83H51B3F5N5O2/c1-46-35-70-78-71(36-46)94(81-48(3)19-16-27-59(81)87)67-44-68-56(42-55(67)84(78)53-25-11-14-33-65(53)92(70)51-23-8-5-9-24-51)86-58-43-57-69(96(83-62(90)30-18-31-63(83)91)72-37-47(2)38-76-79(72)85(57)54-26-12-15-34-74(54)97-76)45-75(58)98-77-41-52(40-73(80(77)86)95(68)82-60(88)28-17-29-61(82)89)93-64-32-13-10-22-50(64)39-66(93)49-20-6-4-7-21-49/h4-45H,1-3H3. The molecule has 0 saturated carbocycles. The minimum absolute atomic E-state index is 0.271. The van der Waals surface area contributed by atoms with E-state index in [2.05, 4.69) is 107 Å². The third kappa shape index (κ3) is 7.89. The number of aryl methyl sites for hydroxylation is 3. The predicted molar refractivity (Wildman–Crippen MR) is 388 cm³/mol. The molecular formula is C83H51B3F5N5O2. The Kier molecular flexibility index (Phi) is 12.0. The fourth-order valence-electron chi connectivity index (χ4n) is 16.9. The maximum Gasteiger partial charge on any atom is 0.256 e. The monoisotopic (exact) mass is 1280 g/mol. The summed E-state index contributed by atoms with van der Waals surface area (Å²) in [5, 5.41) is 0.953. The SMILES string of the molecule is Cc1cc2c3c(c1)N(c1c(F)cccc1F)c1cc4c(cc1B3c1ccccc1O2)B1c2cc3c(cc2N(c2c(F)cccc2F)c2cc(-n5c(-c6ccccc6)cc6ccccc65)cc(c21)O4)N(c1c(C)cccc1F)c1cc(C)cc2c1B3c1ccccc1N2c1ccccc1. The number of hydrogen-bond acceptors (Lipinski definition) is 6. The molecule has 464 valence electrons. The first kappa shape index (κ1) is 56.4. The summed E-state index contributed by atoms with van der Waals surface area (Å²) in [6.45, 7) is 4.12. The lowest BCUT2D eigenvalue weighted by molar-refractivity contribution is 0.486. The second-order valence-corrected chi connectivity index (χ2v) is 26.3. The van der Waals surface area contributed by atoms with Gasteiger partial charge in [0.25, 0.3) is 20.1 Å². The van der Waals surface area contributed by atoms with Crippen LogP contribution in [0.15, 0.2) is 255 Å². The summed E-state index contributed by atoms with van der Waals surface area (Å²) in [5.41, 5.74) is 18.6. The van der Waals surface area contributed by atoms with Crippen molar-refractivity contribution < 1.29 is 31.4 Å². The first-order chi connectivity index (χ1) is 47.9. The maximum atomic E-state index is 17.9. The van der Waals surface area contributed by atoms with E-state index in [1.54, 1.807) is 15.9 Å². The Morgan fingerprint density at radius 3 is 1.47 bits per heavy atom. The largest absolute Gasteiger partial charge is 0.458 e. The average Bonchev–Trinajstić information content (AvgIpc) is 0.769. The minimum Gasteiger partial charge on any atom is -0.458 e. The second-order valence-electron chi connectivity index (χ2n) is 26.3. The average molecular weight is 1280 g/mol. The van der Waals surface area contributed by atoms with Gasteiger partial charge in [0.2, 0.25) is 0 Å². The van der Waals surface area contributed by atoms with Crippen molar-refractivity contribution in [2.45, 2.75) is 20.8 Å². The van der Waals surface area contributed by atoms with Gasteiger partial charge < -0.3 is 33.6 Å². The van der Waals surface area contributed by atoms with E-state index < -0.39 is 49.2 Å². The molecule has 0 saturated heterocycles. The zero-order valence-corrected chi connectivity index (χ0v) is 52.9. The molecule has 0 fully saturated rings. The number of fused-ring (bicyclic) bond motifs is 13. The van der Waals surface area contributed by atoms with Crippen molar-refractivity contribution in [3.05, 3.63) is 301 Å². The zero-order chi connectivity index (χ0) is 65.7. The van der Waals surface area contributed by atoms with Gasteiger partial charge >= 0.3 is 0 Å². The number of anilines is 12. The van der Waals surface area contributed by atoms with Crippen LogP contribution in [0.3, 0.4) is 0 Å². The molecule has 0 radical (unpaired) electrons. The van der Waals surface area contributed by atoms with Gasteiger partial charge in [-0.05, 0) is 195 Å². The Balaban J connectivity index is 0.939. The first-order valence-electron chi connectivity index (χ1n) is 32.8. The summed E-state index contributed by atoms with van der Waals surface area (Å²) in [5.74, 6) is -1.64. The molecule has 15 heteroatoms. The number of hydrogen-bond donors (Lipinski definition) is 0. The summed E-state index contributed by atoms with van der Waals surface area (Å²) >= 11 is 0. The van der Waals surface area contributed by atoms with Gasteiger partial charge in [0.15, 0.2) is 0 Å². The Morgan fingerprint density at radius 2 is 0.786 bits per heavy atom. The topological polar surface area (TPSA) is 36.4 Å². The molecule has 6 aliphatic heterocycles. The smallest absolute Gasteiger partial charge is 0.256 e. The molecule has 1 aromatic heterocycles. The molecule has 13 aromatic carbocycles. The molecule has 14 aromatic rings. The van der Waals surface area contributed by atoms with Crippen LogP contribution in [0.2, 0.25) is 0 Å². The Morgan fingerprint density at radius 1 is 0.296 bits per heavy atom. The maximum absolute atomic E-state index is 17.9.